The van der Waals surface area contributed by atoms with Crippen LogP contribution >= 0.6 is 0 Å². The van der Waals surface area contributed by atoms with Crippen LogP contribution < -0.4 is 0 Å². The molecule has 0 saturated heterocycles. The molecule has 1 atom stereocenters. The Balaban J connectivity index is 3.28. The molecule has 0 aliphatic heterocycles. The van der Waals surface area contributed by atoms with Crippen molar-refractivity contribution in [2.24, 2.45) is 5.92 Å². The normalized spacial score (nSPS) is 13.1. The maximum atomic E-state index is 4.06. The van der Waals surface area contributed by atoms with Gasteiger partial charge in [0.2, 0.25) is 0 Å². The van der Waals surface area contributed by atoms with E-state index in [9.17, 15) is 0 Å². The Labute approximate surface area is 91.5 Å². The Morgan fingerprint density at radius 1 is 0.786 bits per heavy atom. The van der Waals surface area contributed by atoms with Gasteiger partial charge >= 0.3 is 0 Å². The minimum atomic E-state index is 0.915. The summed E-state index contributed by atoms with van der Waals surface area (Å²) in [7, 11) is 0. The van der Waals surface area contributed by atoms with Crippen molar-refractivity contribution in [3.63, 3.8) is 0 Å². The van der Waals surface area contributed by atoms with Crippen LogP contribution in [0.1, 0.15) is 78.1 Å². The summed E-state index contributed by atoms with van der Waals surface area (Å²) in [6, 6.07) is 0. The first-order chi connectivity index (χ1) is 6.85. The van der Waals surface area contributed by atoms with Crippen LogP contribution in [0.3, 0.4) is 0 Å². The third-order valence-electron chi connectivity index (χ3n) is 3.09. The second kappa shape index (κ2) is 11.1. The molecule has 85 valence electrons. The Morgan fingerprint density at radius 2 is 1.29 bits per heavy atom. The fraction of sp³-hybridized carbons (Fsp3) is 0.929. The Kier molecular flexibility index (Phi) is 11.1. The van der Waals surface area contributed by atoms with E-state index in [0.29, 0.717) is 0 Å². The van der Waals surface area contributed by atoms with Crippen molar-refractivity contribution in [3.8, 4) is 0 Å². The molecule has 0 N–H and O–H groups in total. The first-order valence-corrected chi connectivity index (χ1v) is 6.64. The zero-order valence-corrected chi connectivity index (χ0v) is 10.4. The molecule has 0 nitrogen and oxygen atoms in total. The average Bonchev–Trinajstić information content (AvgIpc) is 2.22. The molecule has 1 radical (unpaired) electrons. The summed E-state index contributed by atoms with van der Waals surface area (Å²) in [4.78, 5) is 0. The van der Waals surface area contributed by atoms with Crippen LogP contribution in [0.5, 0.6) is 0 Å². The zero-order chi connectivity index (χ0) is 10.6. The van der Waals surface area contributed by atoms with Crippen molar-refractivity contribution in [1.29, 1.82) is 0 Å². The molecular weight excluding hydrogens is 168 g/mol. The van der Waals surface area contributed by atoms with Crippen LogP contribution in [0.2, 0.25) is 0 Å². The molecule has 0 heterocycles. The third kappa shape index (κ3) is 8.59. The van der Waals surface area contributed by atoms with Gasteiger partial charge in [-0.25, -0.2) is 0 Å². The topological polar surface area (TPSA) is 0 Å². The minimum Gasteiger partial charge on any atom is -0.0654 e. The van der Waals surface area contributed by atoms with E-state index in [1.54, 1.807) is 0 Å². The first kappa shape index (κ1) is 14.0. The minimum absolute atomic E-state index is 0.915. The van der Waals surface area contributed by atoms with Gasteiger partial charge in [-0.1, -0.05) is 85.0 Å². The van der Waals surface area contributed by atoms with Gasteiger partial charge in [-0.2, -0.15) is 0 Å². The van der Waals surface area contributed by atoms with Gasteiger partial charge in [-0.15, -0.1) is 0 Å². The fourth-order valence-corrected chi connectivity index (χ4v) is 1.98. The number of unbranched alkanes of at least 4 members (excludes halogenated alkanes) is 5. The lowest BCUT2D eigenvalue weighted by atomic mass is 9.93. The Hall–Kier alpha value is 0. The standard InChI is InChI=1S/C14H29/c1-4-7-9-11-13-14(6-3)12-10-8-5-2/h14H,3-13H2,1-2H3. The summed E-state index contributed by atoms with van der Waals surface area (Å²) in [6.45, 7) is 8.62. The second-order valence-corrected chi connectivity index (χ2v) is 4.50. The van der Waals surface area contributed by atoms with E-state index in [4.69, 9.17) is 0 Å². The molecule has 0 aromatic carbocycles. The van der Waals surface area contributed by atoms with Crippen molar-refractivity contribution in [3.05, 3.63) is 6.92 Å². The molecule has 0 aliphatic rings. The van der Waals surface area contributed by atoms with Gasteiger partial charge < -0.3 is 0 Å². The molecule has 1 unspecified atom stereocenters. The summed E-state index contributed by atoms with van der Waals surface area (Å²) in [6.07, 6.45) is 13.8. The lowest BCUT2D eigenvalue weighted by Gasteiger charge is -2.13. The second-order valence-electron chi connectivity index (χ2n) is 4.50. The molecule has 0 amide bonds. The van der Waals surface area contributed by atoms with Gasteiger partial charge in [0.15, 0.2) is 0 Å². The molecule has 0 saturated carbocycles. The summed E-state index contributed by atoms with van der Waals surface area (Å²) < 4.78 is 0. The van der Waals surface area contributed by atoms with Gasteiger partial charge in [-0.3, -0.25) is 0 Å². The number of rotatable bonds is 10. The van der Waals surface area contributed by atoms with E-state index in [-0.39, 0.29) is 0 Å². The van der Waals surface area contributed by atoms with Crippen LogP contribution in [0, 0.1) is 12.8 Å². The SMILES string of the molecule is [CH2]CC(CCCCC)CCCCCC. The molecule has 0 spiro atoms. The molecule has 0 aliphatic carbocycles. The van der Waals surface area contributed by atoms with E-state index in [1.165, 1.54) is 57.8 Å². The summed E-state index contributed by atoms with van der Waals surface area (Å²) in [5.74, 6) is 0.915. The highest BCUT2D eigenvalue weighted by atomic mass is 14.1. The largest absolute Gasteiger partial charge is 0.0654 e. The van der Waals surface area contributed by atoms with Crippen LogP contribution in [0.15, 0.2) is 0 Å². The van der Waals surface area contributed by atoms with Crippen LogP contribution in [-0.2, 0) is 0 Å². The maximum Gasteiger partial charge on any atom is -0.0414 e. The summed E-state index contributed by atoms with van der Waals surface area (Å²) in [5.41, 5.74) is 0. The van der Waals surface area contributed by atoms with Crippen LogP contribution in [0.4, 0.5) is 0 Å². The fourth-order valence-electron chi connectivity index (χ4n) is 1.98. The van der Waals surface area contributed by atoms with Crippen molar-refractivity contribution in [2.75, 3.05) is 0 Å². The molecule has 0 rings (SSSR count). The highest BCUT2D eigenvalue weighted by Crippen LogP contribution is 2.20. The van der Waals surface area contributed by atoms with Gasteiger partial charge in [0.25, 0.3) is 0 Å². The van der Waals surface area contributed by atoms with Crippen LogP contribution in [0.25, 0.3) is 0 Å². The lowest BCUT2D eigenvalue weighted by Crippen LogP contribution is -1.99. The zero-order valence-electron chi connectivity index (χ0n) is 10.4. The predicted molar refractivity (Wildman–Crippen MR) is 66.4 cm³/mol. The predicted octanol–water partition coefficient (Wildman–Crippen LogP) is 5.38. The van der Waals surface area contributed by atoms with Crippen molar-refractivity contribution >= 4 is 0 Å². The quantitative estimate of drug-likeness (QED) is 0.413. The van der Waals surface area contributed by atoms with E-state index >= 15 is 0 Å². The highest BCUT2D eigenvalue weighted by molar-refractivity contribution is 4.61. The molecular formula is C14H29. The number of hydrogen-bond donors (Lipinski definition) is 0. The van der Waals surface area contributed by atoms with E-state index in [1.807, 2.05) is 0 Å². The smallest absolute Gasteiger partial charge is 0.0414 e. The molecule has 14 heavy (non-hydrogen) atoms. The Bertz CT molecular complexity index is 96.2. The van der Waals surface area contributed by atoms with Gasteiger partial charge in [0.05, 0.1) is 0 Å². The van der Waals surface area contributed by atoms with E-state index < -0.39 is 0 Å². The summed E-state index contributed by atoms with van der Waals surface area (Å²) >= 11 is 0. The first-order valence-electron chi connectivity index (χ1n) is 6.64. The summed E-state index contributed by atoms with van der Waals surface area (Å²) in [5, 5.41) is 0. The Morgan fingerprint density at radius 3 is 1.79 bits per heavy atom. The third-order valence-corrected chi connectivity index (χ3v) is 3.09. The highest BCUT2D eigenvalue weighted by Gasteiger charge is 2.04. The van der Waals surface area contributed by atoms with Gasteiger partial charge in [-0.05, 0) is 5.92 Å². The number of hydrogen-bond acceptors (Lipinski definition) is 0. The van der Waals surface area contributed by atoms with Gasteiger partial charge in [0, 0.05) is 0 Å². The van der Waals surface area contributed by atoms with E-state index in [2.05, 4.69) is 20.8 Å². The molecule has 0 bridgehead atoms. The molecule has 0 aromatic heterocycles. The van der Waals surface area contributed by atoms with Gasteiger partial charge in [0.1, 0.15) is 0 Å². The maximum absolute atomic E-state index is 4.06. The van der Waals surface area contributed by atoms with Crippen molar-refractivity contribution < 1.29 is 0 Å². The van der Waals surface area contributed by atoms with E-state index in [0.717, 1.165) is 12.3 Å². The molecule has 0 fully saturated rings. The average molecular weight is 197 g/mol. The van der Waals surface area contributed by atoms with Crippen molar-refractivity contribution in [1.82, 2.24) is 0 Å². The van der Waals surface area contributed by atoms with Crippen molar-refractivity contribution in [2.45, 2.75) is 78.1 Å². The monoisotopic (exact) mass is 197 g/mol. The molecule has 0 aromatic rings. The van der Waals surface area contributed by atoms with Crippen LogP contribution in [-0.4, -0.2) is 0 Å². The lowest BCUT2D eigenvalue weighted by molar-refractivity contribution is 0.410. The molecule has 0 heteroatoms.